The van der Waals surface area contributed by atoms with Crippen molar-refractivity contribution in [3.8, 4) is 0 Å². The standard InChI is InChI=1S/C6H5F2N3O3/c7-5(8)4-2(9)1-3(11(13)14)10-6(4)12/h1,5H,(H3,9,10,12). The van der Waals surface area contributed by atoms with Gasteiger partial charge in [-0.1, -0.05) is 0 Å². The number of alkyl halides is 2. The van der Waals surface area contributed by atoms with Crippen LogP contribution in [0.15, 0.2) is 10.9 Å². The first-order valence-electron chi connectivity index (χ1n) is 3.38. The molecule has 76 valence electrons. The highest BCUT2D eigenvalue weighted by Gasteiger charge is 2.21. The topological polar surface area (TPSA) is 102 Å². The third-order valence-corrected chi connectivity index (χ3v) is 1.50. The second-order valence-corrected chi connectivity index (χ2v) is 2.41. The number of pyridine rings is 1. The highest BCUT2D eigenvalue weighted by atomic mass is 19.3. The Kier molecular flexibility index (Phi) is 2.45. The van der Waals surface area contributed by atoms with E-state index in [4.69, 9.17) is 5.73 Å². The van der Waals surface area contributed by atoms with Gasteiger partial charge in [0.05, 0.1) is 11.8 Å². The predicted octanol–water partition coefficient (Wildman–Crippen LogP) is 0.803. The van der Waals surface area contributed by atoms with Crippen molar-refractivity contribution in [2.75, 3.05) is 5.73 Å². The molecule has 1 heterocycles. The van der Waals surface area contributed by atoms with Crippen LogP contribution in [0.25, 0.3) is 0 Å². The minimum Gasteiger partial charge on any atom is -0.398 e. The van der Waals surface area contributed by atoms with E-state index >= 15 is 0 Å². The third kappa shape index (κ3) is 1.68. The number of nitro groups is 1. The highest BCUT2D eigenvalue weighted by Crippen LogP contribution is 2.22. The number of aromatic nitrogens is 1. The Bertz CT molecular complexity index is 429. The number of rotatable bonds is 2. The summed E-state index contributed by atoms with van der Waals surface area (Å²) >= 11 is 0. The lowest BCUT2D eigenvalue weighted by molar-refractivity contribution is -0.389. The van der Waals surface area contributed by atoms with Gasteiger partial charge in [-0.2, -0.15) is 0 Å². The maximum atomic E-state index is 12.2. The number of nitrogens with zero attached hydrogens (tertiary/aromatic N) is 1. The largest absolute Gasteiger partial charge is 0.398 e. The van der Waals surface area contributed by atoms with Crippen LogP contribution in [0, 0.1) is 10.1 Å². The molecule has 0 unspecified atom stereocenters. The zero-order valence-electron chi connectivity index (χ0n) is 6.66. The third-order valence-electron chi connectivity index (χ3n) is 1.50. The van der Waals surface area contributed by atoms with Crippen LogP contribution in [0.5, 0.6) is 0 Å². The summed E-state index contributed by atoms with van der Waals surface area (Å²) in [6.45, 7) is 0. The SMILES string of the molecule is Nc1cc([N+](=O)[O-])[nH]c(=O)c1C(F)F. The van der Waals surface area contributed by atoms with Crippen molar-refractivity contribution in [1.82, 2.24) is 4.98 Å². The molecular formula is C6H5F2N3O3. The molecule has 0 aliphatic rings. The summed E-state index contributed by atoms with van der Waals surface area (Å²) in [4.78, 5) is 21.8. The van der Waals surface area contributed by atoms with Gasteiger partial charge >= 0.3 is 11.4 Å². The van der Waals surface area contributed by atoms with Gasteiger partial charge in [-0.15, -0.1) is 0 Å². The van der Waals surface area contributed by atoms with Gasteiger partial charge < -0.3 is 15.8 Å². The number of halogens is 2. The van der Waals surface area contributed by atoms with Crippen LogP contribution in [0.4, 0.5) is 20.3 Å². The van der Waals surface area contributed by atoms with Gasteiger partial charge in [0, 0.05) is 0 Å². The van der Waals surface area contributed by atoms with Gasteiger partial charge in [0.1, 0.15) is 5.56 Å². The predicted molar refractivity (Wildman–Crippen MR) is 43.1 cm³/mol. The minimum absolute atomic E-state index is 0.588. The van der Waals surface area contributed by atoms with E-state index in [1.54, 1.807) is 4.98 Å². The number of anilines is 1. The van der Waals surface area contributed by atoms with E-state index in [2.05, 4.69) is 0 Å². The molecule has 0 aromatic carbocycles. The summed E-state index contributed by atoms with van der Waals surface area (Å²) in [5.74, 6) is -0.711. The van der Waals surface area contributed by atoms with Gasteiger partial charge in [0.25, 0.3) is 6.43 Å². The van der Waals surface area contributed by atoms with Crippen LogP contribution >= 0.6 is 0 Å². The summed E-state index contributed by atoms with van der Waals surface area (Å²) in [6.07, 6.45) is -3.06. The molecule has 0 saturated heterocycles. The fourth-order valence-corrected chi connectivity index (χ4v) is 0.899. The van der Waals surface area contributed by atoms with E-state index in [9.17, 15) is 23.7 Å². The molecule has 0 spiro atoms. The molecular weight excluding hydrogens is 200 g/mol. The van der Waals surface area contributed by atoms with Crippen LogP contribution in [-0.2, 0) is 0 Å². The number of hydrogen-bond donors (Lipinski definition) is 2. The first-order valence-corrected chi connectivity index (χ1v) is 3.38. The second-order valence-electron chi connectivity index (χ2n) is 2.41. The number of H-pyrrole nitrogens is 1. The zero-order chi connectivity index (χ0) is 10.9. The molecule has 1 aromatic rings. The van der Waals surface area contributed by atoms with Crippen molar-refractivity contribution in [2.45, 2.75) is 6.43 Å². The van der Waals surface area contributed by atoms with E-state index in [0.717, 1.165) is 0 Å². The molecule has 3 N–H and O–H groups in total. The van der Waals surface area contributed by atoms with Crippen LogP contribution in [-0.4, -0.2) is 9.91 Å². The van der Waals surface area contributed by atoms with Crippen molar-refractivity contribution in [1.29, 1.82) is 0 Å². The van der Waals surface area contributed by atoms with E-state index in [1.165, 1.54) is 0 Å². The molecule has 1 rings (SSSR count). The Balaban J connectivity index is 3.40. The summed E-state index contributed by atoms with van der Waals surface area (Å²) in [7, 11) is 0. The van der Waals surface area contributed by atoms with Gasteiger partial charge in [-0.25, -0.2) is 18.6 Å². The summed E-state index contributed by atoms with van der Waals surface area (Å²) in [6, 6.07) is 0.683. The van der Waals surface area contributed by atoms with E-state index < -0.39 is 34.0 Å². The molecule has 0 atom stereocenters. The lowest BCUT2D eigenvalue weighted by Gasteiger charge is -2.01. The maximum Gasteiger partial charge on any atom is 0.342 e. The average Bonchev–Trinajstić information content (AvgIpc) is 2.01. The van der Waals surface area contributed by atoms with E-state index in [0.29, 0.717) is 6.07 Å². The van der Waals surface area contributed by atoms with E-state index in [-0.39, 0.29) is 0 Å². The Morgan fingerprint density at radius 2 is 2.14 bits per heavy atom. The minimum atomic E-state index is -3.06. The maximum absolute atomic E-state index is 12.2. The molecule has 0 radical (unpaired) electrons. The highest BCUT2D eigenvalue weighted by molar-refractivity contribution is 5.50. The quantitative estimate of drug-likeness (QED) is 0.550. The molecule has 0 amide bonds. The smallest absolute Gasteiger partial charge is 0.342 e. The van der Waals surface area contributed by atoms with E-state index in [1.807, 2.05) is 0 Å². The zero-order valence-corrected chi connectivity index (χ0v) is 6.66. The first-order chi connectivity index (χ1) is 6.43. The Hall–Kier alpha value is -1.99. The van der Waals surface area contributed by atoms with Gasteiger partial charge in [0.15, 0.2) is 0 Å². The molecule has 0 aliphatic carbocycles. The molecule has 0 aliphatic heterocycles. The number of nitrogens with two attached hydrogens (primary N) is 1. The monoisotopic (exact) mass is 205 g/mol. The molecule has 0 fully saturated rings. The molecule has 0 bridgehead atoms. The Morgan fingerprint density at radius 3 is 2.50 bits per heavy atom. The first kappa shape index (κ1) is 10.1. The van der Waals surface area contributed by atoms with Crippen molar-refractivity contribution in [3.63, 3.8) is 0 Å². The van der Waals surface area contributed by atoms with Crippen LogP contribution in [0.1, 0.15) is 12.0 Å². The molecule has 1 aromatic heterocycles. The number of hydrogen-bond acceptors (Lipinski definition) is 4. The van der Waals surface area contributed by atoms with Crippen molar-refractivity contribution >= 4 is 11.5 Å². The molecule has 14 heavy (non-hydrogen) atoms. The lowest BCUT2D eigenvalue weighted by Crippen LogP contribution is -2.17. The average molecular weight is 205 g/mol. The van der Waals surface area contributed by atoms with Gasteiger partial charge in [-0.3, -0.25) is 0 Å². The summed E-state index contributed by atoms with van der Waals surface area (Å²) in [5.41, 5.74) is 2.28. The Labute approximate surface area is 75.5 Å². The number of nitrogens with one attached hydrogen (secondary N) is 1. The number of nitrogen functional groups attached to an aromatic ring is 1. The number of aromatic amines is 1. The molecule has 6 nitrogen and oxygen atoms in total. The fraction of sp³-hybridized carbons (Fsp3) is 0.167. The van der Waals surface area contributed by atoms with Gasteiger partial charge in [0.2, 0.25) is 0 Å². The normalized spacial score (nSPS) is 10.5. The van der Waals surface area contributed by atoms with Crippen molar-refractivity contribution in [3.05, 3.63) is 32.1 Å². The molecule has 0 saturated carbocycles. The summed E-state index contributed by atoms with van der Waals surface area (Å²) in [5, 5.41) is 10.2. The Morgan fingerprint density at radius 1 is 1.57 bits per heavy atom. The summed E-state index contributed by atoms with van der Waals surface area (Å²) < 4.78 is 24.3. The second kappa shape index (κ2) is 3.40. The fourth-order valence-electron chi connectivity index (χ4n) is 0.899. The van der Waals surface area contributed by atoms with Gasteiger partial charge in [-0.05, 0) is 4.92 Å². The molecule has 8 heteroatoms. The lowest BCUT2D eigenvalue weighted by atomic mass is 10.2. The van der Waals surface area contributed by atoms with Crippen LogP contribution < -0.4 is 11.3 Å². The van der Waals surface area contributed by atoms with Crippen molar-refractivity contribution in [2.24, 2.45) is 0 Å². The van der Waals surface area contributed by atoms with Crippen molar-refractivity contribution < 1.29 is 13.7 Å². The van der Waals surface area contributed by atoms with Crippen LogP contribution in [0.2, 0.25) is 0 Å². The van der Waals surface area contributed by atoms with Crippen LogP contribution in [0.3, 0.4) is 0 Å².